The van der Waals surface area contributed by atoms with Crippen LogP contribution in [0.4, 0.5) is 4.39 Å². The van der Waals surface area contributed by atoms with E-state index in [1.165, 1.54) is 28.6 Å². The second-order valence-electron chi connectivity index (χ2n) is 7.14. The molecule has 1 saturated carbocycles. The van der Waals surface area contributed by atoms with Crippen molar-refractivity contribution in [1.29, 1.82) is 0 Å². The Labute approximate surface area is 152 Å². The molecule has 1 N–H and O–H groups in total. The van der Waals surface area contributed by atoms with E-state index in [0.717, 1.165) is 18.5 Å². The SMILES string of the molecule is O=S(=O)(Cc1ccc(F)cc1)N1CCCn2nc(C(O)C3CC3)cc2C1. The van der Waals surface area contributed by atoms with Gasteiger partial charge in [0.25, 0.3) is 0 Å². The van der Waals surface area contributed by atoms with Gasteiger partial charge in [0.2, 0.25) is 10.0 Å². The second-order valence-corrected chi connectivity index (χ2v) is 9.10. The minimum absolute atomic E-state index is 0.154. The molecule has 0 radical (unpaired) electrons. The molecule has 0 amide bonds. The Hall–Kier alpha value is -1.77. The van der Waals surface area contributed by atoms with Gasteiger partial charge in [-0.2, -0.15) is 9.40 Å². The first-order valence-corrected chi connectivity index (χ1v) is 10.5. The lowest BCUT2D eigenvalue weighted by Crippen LogP contribution is -2.31. The Kier molecular flexibility index (Phi) is 4.58. The van der Waals surface area contributed by atoms with Crippen molar-refractivity contribution in [2.24, 2.45) is 5.92 Å². The maximum atomic E-state index is 13.0. The van der Waals surface area contributed by atoms with Crippen LogP contribution in [0.5, 0.6) is 0 Å². The molecule has 0 spiro atoms. The van der Waals surface area contributed by atoms with Gasteiger partial charge in [0.1, 0.15) is 11.9 Å². The number of aromatic nitrogens is 2. The molecule has 0 bridgehead atoms. The molecule has 6 nitrogen and oxygen atoms in total. The van der Waals surface area contributed by atoms with Crippen LogP contribution in [-0.4, -0.2) is 34.2 Å². The van der Waals surface area contributed by atoms with Gasteiger partial charge in [-0.05, 0) is 48.9 Å². The van der Waals surface area contributed by atoms with Crippen LogP contribution in [0.15, 0.2) is 30.3 Å². The van der Waals surface area contributed by atoms with Gasteiger partial charge in [0.05, 0.1) is 23.7 Å². The number of halogens is 1. The second kappa shape index (κ2) is 6.75. The number of aliphatic hydroxyl groups is 1. The van der Waals surface area contributed by atoms with Crippen LogP contribution in [0.1, 0.15) is 42.3 Å². The molecule has 8 heteroatoms. The first kappa shape index (κ1) is 17.6. The quantitative estimate of drug-likeness (QED) is 0.864. The Morgan fingerprint density at radius 1 is 1.23 bits per heavy atom. The number of hydrogen-bond donors (Lipinski definition) is 1. The highest BCUT2D eigenvalue weighted by molar-refractivity contribution is 7.88. The van der Waals surface area contributed by atoms with Crippen molar-refractivity contribution in [1.82, 2.24) is 14.1 Å². The molecule has 1 unspecified atom stereocenters. The number of sulfonamides is 1. The Balaban J connectivity index is 1.53. The summed E-state index contributed by atoms with van der Waals surface area (Å²) in [6.45, 7) is 1.30. The summed E-state index contributed by atoms with van der Waals surface area (Å²) < 4.78 is 41.9. The summed E-state index contributed by atoms with van der Waals surface area (Å²) >= 11 is 0. The fourth-order valence-electron chi connectivity index (χ4n) is 3.37. The van der Waals surface area contributed by atoms with Gasteiger partial charge in [-0.1, -0.05) is 12.1 Å². The third-order valence-corrected chi connectivity index (χ3v) is 6.82. The molecule has 1 fully saturated rings. The Bertz CT molecular complexity index is 891. The third kappa shape index (κ3) is 3.67. The van der Waals surface area contributed by atoms with E-state index in [4.69, 9.17) is 0 Å². The van der Waals surface area contributed by atoms with Crippen molar-refractivity contribution in [2.45, 2.75) is 44.2 Å². The van der Waals surface area contributed by atoms with E-state index in [1.807, 2.05) is 10.7 Å². The van der Waals surface area contributed by atoms with E-state index in [2.05, 4.69) is 5.10 Å². The minimum Gasteiger partial charge on any atom is -0.386 e. The van der Waals surface area contributed by atoms with Crippen LogP contribution in [-0.2, 0) is 28.9 Å². The van der Waals surface area contributed by atoms with E-state index in [1.54, 1.807) is 0 Å². The van der Waals surface area contributed by atoms with Gasteiger partial charge >= 0.3 is 0 Å². The summed E-state index contributed by atoms with van der Waals surface area (Å²) in [7, 11) is -3.52. The normalized spacial score (nSPS) is 19.8. The highest BCUT2D eigenvalue weighted by atomic mass is 32.2. The number of benzene rings is 1. The average molecular weight is 379 g/mol. The number of fused-ring (bicyclic) bond motifs is 1. The molecule has 1 aromatic heterocycles. The molecule has 1 aromatic carbocycles. The van der Waals surface area contributed by atoms with Crippen LogP contribution >= 0.6 is 0 Å². The van der Waals surface area contributed by atoms with Gasteiger partial charge in [-0.3, -0.25) is 4.68 Å². The predicted molar refractivity (Wildman–Crippen MR) is 94.0 cm³/mol. The van der Waals surface area contributed by atoms with E-state index >= 15 is 0 Å². The largest absolute Gasteiger partial charge is 0.386 e. The summed E-state index contributed by atoms with van der Waals surface area (Å²) in [5, 5.41) is 14.8. The van der Waals surface area contributed by atoms with Crippen molar-refractivity contribution in [2.75, 3.05) is 6.54 Å². The van der Waals surface area contributed by atoms with E-state index in [0.29, 0.717) is 30.8 Å². The predicted octanol–water partition coefficient (Wildman–Crippen LogP) is 2.20. The lowest BCUT2D eigenvalue weighted by Gasteiger charge is -2.19. The molecule has 4 rings (SSSR count). The van der Waals surface area contributed by atoms with Gasteiger partial charge < -0.3 is 5.11 Å². The zero-order valence-electron chi connectivity index (χ0n) is 14.4. The fourth-order valence-corrected chi connectivity index (χ4v) is 4.91. The topological polar surface area (TPSA) is 75.4 Å². The lowest BCUT2D eigenvalue weighted by atomic mass is 10.1. The molecule has 1 aliphatic carbocycles. The molecule has 2 heterocycles. The monoisotopic (exact) mass is 379 g/mol. The average Bonchev–Trinajstić information content (AvgIpc) is 3.40. The maximum Gasteiger partial charge on any atom is 0.218 e. The number of hydrogen-bond acceptors (Lipinski definition) is 4. The first-order valence-electron chi connectivity index (χ1n) is 8.89. The van der Waals surface area contributed by atoms with Crippen molar-refractivity contribution in [3.63, 3.8) is 0 Å². The highest BCUT2D eigenvalue weighted by Gasteiger charge is 2.34. The van der Waals surface area contributed by atoms with Gasteiger partial charge in [-0.15, -0.1) is 0 Å². The van der Waals surface area contributed by atoms with Crippen LogP contribution in [0, 0.1) is 11.7 Å². The van der Waals surface area contributed by atoms with Crippen LogP contribution in [0.2, 0.25) is 0 Å². The Morgan fingerprint density at radius 2 is 1.96 bits per heavy atom. The molecule has 2 aliphatic rings. The molecule has 26 heavy (non-hydrogen) atoms. The zero-order valence-corrected chi connectivity index (χ0v) is 15.2. The number of aryl methyl sites for hydroxylation is 1. The van der Waals surface area contributed by atoms with E-state index < -0.39 is 16.1 Å². The van der Waals surface area contributed by atoms with Crippen LogP contribution < -0.4 is 0 Å². The van der Waals surface area contributed by atoms with E-state index in [9.17, 15) is 17.9 Å². The fraction of sp³-hybridized carbons (Fsp3) is 0.500. The molecule has 0 saturated heterocycles. The molecule has 2 aromatic rings. The van der Waals surface area contributed by atoms with Crippen LogP contribution in [0.3, 0.4) is 0 Å². The van der Waals surface area contributed by atoms with Gasteiger partial charge in [0, 0.05) is 13.1 Å². The summed E-state index contributed by atoms with van der Waals surface area (Å²) in [6, 6.07) is 7.37. The van der Waals surface area contributed by atoms with Gasteiger partial charge in [0.15, 0.2) is 0 Å². The van der Waals surface area contributed by atoms with Crippen molar-refractivity contribution < 1.29 is 17.9 Å². The zero-order chi connectivity index (χ0) is 18.3. The standard InChI is InChI=1S/C18H22FN3O3S/c19-15-6-2-13(3-7-15)12-26(24,25)21-8-1-9-22-16(11-21)10-17(20-22)18(23)14-4-5-14/h2-3,6-7,10,14,18,23H,1,4-5,8-9,11-12H2. The molecule has 140 valence electrons. The third-order valence-electron chi connectivity index (χ3n) is 5.03. The van der Waals surface area contributed by atoms with Crippen molar-refractivity contribution >= 4 is 10.0 Å². The summed E-state index contributed by atoms with van der Waals surface area (Å²) in [4.78, 5) is 0. The molecular formula is C18H22FN3O3S. The summed E-state index contributed by atoms with van der Waals surface area (Å²) in [5.41, 5.74) is 2.01. The molecule has 1 atom stereocenters. The summed E-state index contributed by atoms with van der Waals surface area (Å²) in [5.74, 6) is -0.252. The Morgan fingerprint density at radius 3 is 2.65 bits per heavy atom. The number of aliphatic hydroxyl groups excluding tert-OH is 1. The summed E-state index contributed by atoms with van der Waals surface area (Å²) in [6.07, 6.45) is 2.14. The van der Waals surface area contributed by atoms with Crippen LogP contribution in [0.25, 0.3) is 0 Å². The minimum atomic E-state index is -3.52. The smallest absolute Gasteiger partial charge is 0.218 e. The highest BCUT2D eigenvalue weighted by Crippen LogP contribution is 2.40. The molecule has 1 aliphatic heterocycles. The number of nitrogens with zero attached hydrogens (tertiary/aromatic N) is 3. The van der Waals surface area contributed by atoms with Crippen molar-refractivity contribution in [3.8, 4) is 0 Å². The van der Waals surface area contributed by atoms with Gasteiger partial charge in [-0.25, -0.2) is 12.8 Å². The molecular weight excluding hydrogens is 357 g/mol. The maximum absolute atomic E-state index is 13.0. The number of rotatable bonds is 5. The first-order chi connectivity index (χ1) is 12.4. The lowest BCUT2D eigenvalue weighted by molar-refractivity contribution is 0.148. The van der Waals surface area contributed by atoms with Crippen molar-refractivity contribution in [3.05, 3.63) is 53.1 Å². The van der Waals surface area contributed by atoms with E-state index in [-0.39, 0.29) is 24.0 Å².